The van der Waals surface area contributed by atoms with Gasteiger partial charge in [0.05, 0.1) is 5.69 Å². The van der Waals surface area contributed by atoms with Crippen LogP contribution in [0.5, 0.6) is 5.75 Å². The minimum absolute atomic E-state index is 0.152. The van der Waals surface area contributed by atoms with Crippen molar-refractivity contribution in [2.75, 3.05) is 19.0 Å². The molecule has 3 aromatic carbocycles. The second-order valence-corrected chi connectivity index (χ2v) is 8.30. The van der Waals surface area contributed by atoms with Crippen LogP contribution in [0.4, 0.5) is 17.1 Å². The summed E-state index contributed by atoms with van der Waals surface area (Å²) in [6.07, 6.45) is 2.93. The van der Waals surface area contributed by atoms with Gasteiger partial charge in [0.15, 0.2) is 0 Å². The van der Waals surface area contributed by atoms with Crippen molar-refractivity contribution in [2.45, 2.75) is 26.2 Å². The molecule has 0 atom stereocenters. The summed E-state index contributed by atoms with van der Waals surface area (Å²) in [4.78, 5) is 13.8. The number of hydrogen-bond acceptors (Lipinski definition) is 6. The Balaban J connectivity index is 0.000000157. The maximum Gasteiger partial charge on any atom is 0.339 e. The van der Waals surface area contributed by atoms with Gasteiger partial charge >= 0.3 is 5.63 Å². The fraction of sp³-hybridized carbons (Fsp3) is 0.222. The predicted molar refractivity (Wildman–Crippen MR) is 132 cm³/mol. The van der Waals surface area contributed by atoms with Crippen molar-refractivity contribution in [3.63, 3.8) is 0 Å². The Labute approximate surface area is 192 Å². The fourth-order valence-corrected chi connectivity index (χ4v) is 3.87. The zero-order valence-corrected chi connectivity index (χ0v) is 19.1. The van der Waals surface area contributed by atoms with Gasteiger partial charge in [-0.15, -0.1) is 5.11 Å². The van der Waals surface area contributed by atoms with Crippen molar-refractivity contribution in [1.29, 1.82) is 0 Å². The van der Waals surface area contributed by atoms with Gasteiger partial charge in [-0.3, -0.25) is 0 Å². The number of phenolic OH excluding ortho intramolecular Hbond substituents is 1. The number of phenols is 1. The second-order valence-electron chi connectivity index (χ2n) is 8.30. The van der Waals surface area contributed by atoms with E-state index in [-0.39, 0.29) is 11.4 Å². The third-order valence-electron chi connectivity index (χ3n) is 5.63. The highest BCUT2D eigenvalue weighted by atomic mass is 16.4. The Morgan fingerprint density at radius 3 is 2.39 bits per heavy atom. The van der Waals surface area contributed by atoms with E-state index in [9.17, 15) is 9.90 Å². The van der Waals surface area contributed by atoms with E-state index in [2.05, 4.69) is 22.4 Å². The van der Waals surface area contributed by atoms with Crippen LogP contribution in [0.2, 0.25) is 0 Å². The maximum atomic E-state index is 11.8. The van der Waals surface area contributed by atoms with Crippen LogP contribution in [0.25, 0.3) is 11.0 Å². The Morgan fingerprint density at radius 2 is 1.67 bits per heavy atom. The third-order valence-corrected chi connectivity index (χ3v) is 5.63. The van der Waals surface area contributed by atoms with Crippen LogP contribution >= 0.6 is 0 Å². The summed E-state index contributed by atoms with van der Waals surface area (Å²) in [5, 5.41) is 18.7. The first-order valence-corrected chi connectivity index (χ1v) is 10.9. The molecule has 0 unspecified atom stereocenters. The van der Waals surface area contributed by atoms with Crippen LogP contribution in [0.1, 0.15) is 23.1 Å². The largest absolute Gasteiger partial charge is 0.506 e. The molecule has 0 fully saturated rings. The van der Waals surface area contributed by atoms with E-state index in [0.717, 1.165) is 47.2 Å². The molecule has 5 rings (SSSR count). The van der Waals surface area contributed by atoms with E-state index < -0.39 is 0 Å². The number of aryl methyl sites for hydroxylation is 2. The van der Waals surface area contributed by atoms with E-state index in [0.29, 0.717) is 11.3 Å². The molecule has 33 heavy (non-hydrogen) atoms. The lowest BCUT2D eigenvalue weighted by Crippen LogP contribution is -2.10. The molecule has 6 nitrogen and oxygen atoms in total. The molecule has 1 N–H and O–H groups in total. The van der Waals surface area contributed by atoms with Gasteiger partial charge in [0.2, 0.25) is 0 Å². The Hall–Kier alpha value is -3.93. The summed E-state index contributed by atoms with van der Waals surface area (Å²) in [5.41, 5.74) is 5.94. The van der Waals surface area contributed by atoms with Gasteiger partial charge in [0.25, 0.3) is 0 Å². The summed E-state index contributed by atoms with van der Waals surface area (Å²) in [6, 6.07) is 20.8. The lowest BCUT2D eigenvalue weighted by Gasteiger charge is -2.13. The molecule has 0 aliphatic heterocycles. The molecule has 0 amide bonds. The molecular weight excluding hydrogens is 414 g/mol. The van der Waals surface area contributed by atoms with Crippen molar-refractivity contribution in [3.8, 4) is 5.75 Å². The molecular formula is C27H27N3O3. The normalized spacial score (nSPS) is 12.5. The molecule has 1 heterocycles. The first kappa shape index (κ1) is 22.3. The molecule has 0 bridgehead atoms. The van der Waals surface area contributed by atoms with Gasteiger partial charge in [-0.2, -0.15) is 5.11 Å². The van der Waals surface area contributed by atoms with Gasteiger partial charge in [0.1, 0.15) is 17.0 Å². The SMILES string of the molecule is CN(C)c1ccc2c3c(c(=O)oc2c1)CCC3.Cc1ccc(N=Nc2ccccc2)c(O)c1. The Kier molecular flexibility index (Phi) is 6.54. The average Bonchev–Trinajstić information content (AvgIpc) is 3.30. The summed E-state index contributed by atoms with van der Waals surface area (Å²) >= 11 is 0. The molecule has 0 saturated carbocycles. The number of azo groups is 1. The number of aromatic hydroxyl groups is 1. The van der Waals surface area contributed by atoms with Gasteiger partial charge in [-0.1, -0.05) is 24.3 Å². The number of nitrogens with zero attached hydrogens (tertiary/aromatic N) is 3. The predicted octanol–water partition coefficient (Wildman–Crippen LogP) is 6.46. The van der Waals surface area contributed by atoms with Crippen molar-refractivity contribution in [1.82, 2.24) is 0 Å². The zero-order chi connectivity index (χ0) is 23.4. The Bertz CT molecular complexity index is 1360. The number of benzene rings is 3. The number of fused-ring (bicyclic) bond motifs is 3. The smallest absolute Gasteiger partial charge is 0.339 e. The van der Waals surface area contributed by atoms with Crippen LogP contribution in [-0.2, 0) is 12.8 Å². The zero-order valence-electron chi connectivity index (χ0n) is 19.1. The summed E-state index contributed by atoms with van der Waals surface area (Å²) in [5.74, 6) is 0.152. The van der Waals surface area contributed by atoms with E-state index in [1.165, 1.54) is 5.56 Å². The molecule has 0 radical (unpaired) electrons. The van der Waals surface area contributed by atoms with E-state index in [4.69, 9.17) is 4.42 Å². The van der Waals surface area contributed by atoms with Gasteiger partial charge in [-0.05, 0) is 73.7 Å². The molecule has 1 aliphatic rings. The topological polar surface area (TPSA) is 78.4 Å². The van der Waals surface area contributed by atoms with E-state index >= 15 is 0 Å². The standard InChI is InChI=1S/C14H15NO2.C13H12N2O/c1-15(2)9-6-7-11-10-4-3-5-12(10)14(16)17-13(11)8-9;1-10-7-8-12(13(16)9-10)15-14-11-5-3-2-4-6-11/h6-8H,3-5H2,1-2H3;2-9,16H,1H3. The third kappa shape index (κ3) is 5.12. The first-order valence-electron chi connectivity index (χ1n) is 10.9. The first-order chi connectivity index (χ1) is 15.9. The highest BCUT2D eigenvalue weighted by molar-refractivity contribution is 5.85. The molecule has 1 aliphatic carbocycles. The molecule has 1 aromatic heterocycles. The van der Waals surface area contributed by atoms with Crippen molar-refractivity contribution >= 4 is 28.0 Å². The average molecular weight is 442 g/mol. The van der Waals surface area contributed by atoms with Crippen LogP contribution in [0.3, 0.4) is 0 Å². The fourth-order valence-electron chi connectivity index (χ4n) is 3.87. The molecule has 0 saturated heterocycles. The second kappa shape index (κ2) is 9.69. The lowest BCUT2D eigenvalue weighted by atomic mass is 10.1. The highest BCUT2D eigenvalue weighted by Gasteiger charge is 2.19. The van der Waals surface area contributed by atoms with Gasteiger partial charge < -0.3 is 14.4 Å². The van der Waals surface area contributed by atoms with E-state index in [1.54, 1.807) is 12.1 Å². The lowest BCUT2D eigenvalue weighted by molar-refractivity contribution is 0.476. The van der Waals surface area contributed by atoms with Gasteiger partial charge in [-0.25, -0.2) is 4.79 Å². The van der Waals surface area contributed by atoms with Crippen LogP contribution < -0.4 is 10.5 Å². The molecule has 168 valence electrons. The van der Waals surface area contributed by atoms with Crippen molar-refractivity contribution in [2.24, 2.45) is 10.2 Å². The van der Waals surface area contributed by atoms with Crippen molar-refractivity contribution < 1.29 is 9.52 Å². The van der Waals surface area contributed by atoms with Crippen LogP contribution in [0, 0.1) is 6.92 Å². The van der Waals surface area contributed by atoms with Crippen LogP contribution in [-0.4, -0.2) is 19.2 Å². The number of hydrogen-bond donors (Lipinski definition) is 1. The van der Waals surface area contributed by atoms with E-state index in [1.807, 2.05) is 68.4 Å². The summed E-state index contributed by atoms with van der Waals surface area (Å²) in [7, 11) is 3.96. The monoisotopic (exact) mass is 441 g/mol. The molecule has 4 aromatic rings. The maximum absolute atomic E-state index is 11.8. The van der Waals surface area contributed by atoms with Crippen LogP contribution in [0.15, 0.2) is 86.2 Å². The van der Waals surface area contributed by atoms with Gasteiger partial charge in [0, 0.05) is 36.8 Å². The highest BCUT2D eigenvalue weighted by Crippen LogP contribution is 2.30. The molecule has 0 spiro atoms. The number of anilines is 1. The van der Waals surface area contributed by atoms with Crippen molar-refractivity contribution in [3.05, 3.63) is 93.8 Å². The quantitative estimate of drug-likeness (QED) is 0.292. The minimum atomic E-state index is -0.152. The number of rotatable bonds is 3. The minimum Gasteiger partial charge on any atom is -0.506 e. The Morgan fingerprint density at radius 1 is 0.909 bits per heavy atom. The summed E-state index contributed by atoms with van der Waals surface area (Å²) < 4.78 is 5.41. The summed E-state index contributed by atoms with van der Waals surface area (Å²) in [6.45, 7) is 1.91. The molecule has 6 heteroatoms.